The van der Waals surface area contributed by atoms with Crippen molar-refractivity contribution in [2.45, 2.75) is 31.4 Å². The first-order chi connectivity index (χ1) is 5.74. The lowest BCUT2D eigenvalue weighted by molar-refractivity contribution is -0.00170. The zero-order chi connectivity index (χ0) is 8.72. The maximum Gasteiger partial charge on any atom is 0.0757 e. The molecule has 4 atom stereocenters. The van der Waals surface area contributed by atoms with Gasteiger partial charge >= 0.3 is 0 Å². The number of nitrogens with zero attached hydrogens (tertiary/aromatic N) is 1. The third kappa shape index (κ3) is 1.09. The molecule has 2 nitrogen and oxygen atoms in total. The highest BCUT2D eigenvalue weighted by Gasteiger charge is 2.48. The molecule has 0 spiro atoms. The van der Waals surface area contributed by atoms with Crippen LogP contribution in [0.2, 0.25) is 0 Å². The molecule has 2 bridgehead atoms. The van der Waals surface area contributed by atoms with E-state index in [4.69, 9.17) is 4.74 Å². The second-order valence-electron chi connectivity index (χ2n) is 4.49. The molecular weight excluding hydrogens is 150 g/mol. The summed E-state index contributed by atoms with van der Waals surface area (Å²) in [6.45, 7) is 0. The average molecular weight is 169 g/mol. The molecule has 2 heteroatoms. The van der Waals surface area contributed by atoms with Gasteiger partial charge in [-0.05, 0) is 45.2 Å². The van der Waals surface area contributed by atoms with E-state index in [9.17, 15) is 0 Å². The molecule has 12 heavy (non-hydrogen) atoms. The molecule has 2 saturated carbocycles. The minimum Gasteiger partial charge on any atom is -0.380 e. The highest BCUT2D eigenvalue weighted by Crippen LogP contribution is 2.47. The van der Waals surface area contributed by atoms with Crippen LogP contribution in [0.25, 0.3) is 0 Å². The predicted molar refractivity (Wildman–Crippen MR) is 49.1 cm³/mol. The van der Waals surface area contributed by atoms with Crippen LogP contribution in [0.1, 0.15) is 19.3 Å². The van der Waals surface area contributed by atoms with Gasteiger partial charge in [0.1, 0.15) is 0 Å². The predicted octanol–water partition coefficient (Wildman–Crippen LogP) is 1.36. The molecule has 0 heterocycles. The van der Waals surface area contributed by atoms with Crippen molar-refractivity contribution in [1.82, 2.24) is 4.90 Å². The number of fused-ring (bicyclic) bond motifs is 2. The number of likely N-dealkylation sites (N-methyl/N-ethyl adjacent to an activating group) is 1. The van der Waals surface area contributed by atoms with Gasteiger partial charge in [0.15, 0.2) is 0 Å². The van der Waals surface area contributed by atoms with Crippen LogP contribution in [-0.2, 0) is 4.74 Å². The summed E-state index contributed by atoms with van der Waals surface area (Å²) < 4.78 is 5.58. The molecule has 0 aliphatic heterocycles. The van der Waals surface area contributed by atoms with Crippen LogP contribution < -0.4 is 0 Å². The molecule has 0 aromatic rings. The Morgan fingerprint density at radius 3 is 2.33 bits per heavy atom. The van der Waals surface area contributed by atoms with E-state index in [1.807, 2.05) is 7.11 Å². The van der Waals surface area contributed by atoms with Crippen molar-refractivity contribution in [3.8, 4) is 0 Å². The van der Waals surface area contributed by atoms with Crippen LogP contribution in [0, 0.1) is 11.8 Å². The summed E-state index contributed by atoms with van der Waals surface area (Å²) in [5.41, 5.74) is 0. The van der Waals surface area contributed by atoms with E-state index in [0.717, 1.165) is 11.8 Å². The van der Waals surface area contributed by atoms with Gasteiger partial charge in [0.25, 0.3) is 0 Å². The highest BCUT2D eigenvalue weighted by molar-refractivity contribution is 5.01. The van der Waals surface area contributed by atoms with Crippen molar-refractivity contribution in [2.75, 3.05) is 21.2 Å². The molecule has 2 aliphatic carbocycles. The Labute approximate surface area is 74.9 Å². The lowest BCUT2D eigenvalue weighted by atomic mass is 9.92. The maximum atomic E-state index is 5.58. The summed E-state index contributed by atoms with van der Waals surface area (Å²) in [4.78, 5) is 2.35. The van der Waals surface area contributed by atoms with Crippen molar-refractivity contribution in [3.63, 3.8) is 0 Å². The Bertz CT molecular complexity index is 169. The van der Waals surface area contributed by atoms with Crippen molar-refractivity contribution in [1.29, 1.82) is 0 Å². The van der Waals surface area contributed by atoms with Gasteiger partial charge in [-0.3, -0.25) is 0 Å². The van der Waals surface area contributed by atoms with E-state index in [0.29, 0.717) is 12.1 Å². The Hall–Kier alpha value is -0.0800. The largest absolute Gasteiger partial charge is 0.380 e. The Morgan fingerprint density at radius 2 is 1.83 bits per heavy atom. The fourth-order valence-electron chi connectivity index (χ4n) is 3.26. The van der Waals surface area contributed by atoms with E-state index >= 15 is 0 Å². The van der Waals surface area contributed by atoms with Crippen molar-refractivity contribution in [3.05, 3.63) is 0 Å². The minimum absolute atomic E-state index is 0.513. The Kier molecular flexibility index (Phi) is 2.13. The first-order valence-electron chi connectivity index (χ1n) is 4.93. The molecule has 2 aliphatic rings. The molecule has 0 aromatic heterocycles. The average Bonchev–Trinajstić information content (AvgIpc) is 2.60. The van der Waals surface area contributed by atoms with Crippen molar-refractivity contribution in [2.24, 2.45) is 11.8 Å². The van der Waals surface area contributed by atoms with Crippen LogP contribution in [-0.4, -0.2) is 38.3 Å². The normalized spacial score (nSPS) is 46.0. The van der Waals surface area contributed by atoms with E-state index in [1.165, 1.54) is 19.3 Å². The minimum atomic E-state index is 0.513. The van der Waals surface area contributed by atoms with Gasteiger partial charge in [0, 0.05) is 13.2 Å². The molecule has 0 radical (unpaired) electrons. The monoisotopic (exact) mass is 169 g/mol. The quantitative estimate of drug-likeness (QED) is 0.619. The molecule has 70 valence electrons. The van der Waals surface area contributed by atoms with E-state index in [-0.39, 0.29) is 0 Å². The van der Waals surface area contributed by atoms with E-state index < -0.39 is 0 Å². The van der Waals surface area contributed by atoms with Crippen LogP contribution in [0.5, 0.6) is 0 Å². The molecule has 0 saturated heterocycles. The summed E-state index contributed by atoms with van der Waals surface area (Å²) in [5, 5.41) is 0. The second-order valence-corrected chi connectivity index (χ2v) is 4.49. The van der Waals surface area contributed by atoms with Crippen LogP contribution >= 0.6 is 0 Å². The first-order valence-corrected chi connectivity index (χ1v) is 4.93. The molecule has 2 fully saturated rings. The highest BCUT2D eigenvalue weighted by atomic mass is 16.5. The molecule has 0 N–H and O–H groups in total. The fourth-order valence-corrected chi connectivity index (χ4v) is 3.26. The third-order valence-corrected chi connectivity index (χ3v) is 3.67. The second kappa shape index (κ2) is 3.00. The lowest BCUT2D eigenvalue weighted by Crippen LogP contribution is -2.44. The molecule has 0 aromatic carbocycles. The maximum absolute atomic E-state index is 5.58. The zero-order valence-electron chi connectivity index (χ0n) is 8.29. The van der Waals surface area contributed by atoms with Gasteiger partial charge in [-0.15, -0.1) is 0 Å². The topological polar surface area (TPSA) is 12.5 Å². The molecule has 0 amide bonds. The van der Waals surface area contributed by atoms with Crippen LogP contribution in [0.4, 0.5) is 0 Å². The smallest absolute Gasteiger partial charge is 0.0757 e. The molecule has 2 rings (SSSR count). The molecular formula is C10H19NO. The standard InChI is InChI=1S/C10H19NO/c1-11(2)9-7-4-5-8(6-7)10(9)12-3/h7-10H,4-6H2,1-3H3. The molecule has 4 unspecified atom stereocenters. The number of hydrogen-bond donors (Lipinski definition) is 0. The van der Waals surface area contributed by atoms with Gasteiger partial charge in [-0.1, -0.05) is 0 Å². The van der Waals surface area contributed by atoms with E-state index in [2.05, 4.69) is 19.0 Å². The lowest BCUT2D eigenvalue weighted by Gasteiger charge is -2.34. The summed E-state index contributed by atoms with van der Waals surface area (Å²) in [5.74, 6) is 1.77. The van der Waals surface area contributed by atoms with Crippen molar-refractivity contribution < 1.29 is 4.74 Å². The number of ether oxygens (including phenoxy) is 1. The number of rotatable bonds is 2. The van der Waals surface area contributed by atoms with Crippen molar-refractivity contribution >= 4 is 0 Å². The van der Waals surface area contributed by atoms with Gasteiger partial charge < -0.3 is 9.64 Å². The fraction of sp³-hybridized carbons (Fsp3) is 1.00. The Morgan fingerprint density at radius 1 is 1.17 bits per heavy atom. The van der Waals surface area contributed by atoms with Gasteiger partial charge in [-0.25, -0.2) is 0 Å². The van der Waals surface area contributed by atoms with Gasteiger partial charge in [0.2, 0.25) is 0 Å². The number of methoxy groups -OCH3 is 1. The third-order valence-electron chi connectivity index (χ3n) is 3.67. The van der Waals surface area contributed by atoms with Crippen LogP contribution in [0.3, 0.4) is 0 Å². The zero-order valence-corrected chi connectivity index (χ0v) is 8.29. The van der Waals surface area contributed by atoms with Gasteiger partial charge in [-0.2, -0.15) is 0 Å². The number of hydrogen-bond acceptors (Lipinski definition) is 2. The summed E-state index contributed by atoms with van der Waals surface area (Å²) in [6, 6.07) is 0.689. The van der Waals surface area contributed by atoms with Gasteiger partial charge in [0.05, 0.1) is 6.10 Å². The van der Waals surface area contributed by atoms with E-state index in [1.54, 1.807) is 0 Å². The Balaban J connectivity index is 2.11. The SMILES string of the molecule is COC1C2CCC(C2)C1N(C)C. The first kappa shape index (κ1) is 8.52. The van der Waals surface area contributed by atoms with Crippen LogP contribution in [0.15, 0.2) is 0 Å². The summed E-state index contributed by atoms with van der Waals surface area (Å²) >= 11 is 0. The summed E-state index contributed by atoms with van der Waals surface area (Å²) in [7, 11) is 6.22. The summed E-state index contributed by atoms with van der Waals surface area (Å²) in [6.07, 6.45) is 4.74.